The summed E-state index contributed by atoms with van der Waals surface area (Å²) >= 11 is 11.9. The number of hydrogen-bond acceptors (Lipinski definition) is 15. The van der Waals surface area contributed by atoms with Gasteiger partial charge in [0, 0.05) is 73.0 Å². The predicted octanol–water partition coefficient (Wildman–Crippen LogP) is 12.4. The smallest absolute Gasteiger partial charge is 0.335 e. The van der Waals surface area contributed by atoms with Gasteiger partial charge >= 0.3 is 17.9 Å². The van der Waals surface area contributed by atoms with E-state index in [0.717, 1.165) is 32.6 Å². The minimum Gasteiger partial charge on any atom is -0.478 e. The molecule has 6 heterocycles. The molecule has 0 atom stereocenters. The maximum absolute atomic E-state index is 13.4. The molecule has 0 bridgehead atoms. The molecule has 18 nitrogen and oxygen atoms in total. The Bertz CT molecular complexity index is 4130. The molecule has 0 saturated heterocycles. The molecule has 6 aromatic carbocycles. The first-order chi connectivity index (χ1) is 36.8. The third-order valence-electron chi connectivity index (χ3n) is 11.5. The third-order valence-corrected chi connectivity index (χ3v) is 12.0. The first kappa shape index (κ1) is 49.4. The van der Waals surface area contributed by atoms with Crippen LogP contribution in [0, 0.1) is 11.6 Å². The second kappa shape index (κ2) is 21.1. The summed E-state index contributed by atoms with van der Waals surface area (Å²) in [6.45, 7) is 0. The maximum Gasteiger partial charge on any atom is 0.335 e. The van der Waals surface area contributed by atoms with E-state index in [1.807, 2.05) is 12.1 Å². The molecule has 12 aromatic rings. The molecule has 0 unspecified atom stereocenters. The van der Waals surface area contributed by atoms with Crippen molar-refractivity contribution in [2.75, 3.05) is 16.0 Å². The van der Waals surface area contributed by atoms with Crippen LogP contribution in [0.4, 0.5) is 43.3 Å². The number of anilines is 6. The average molecular weight is 1050 g/mol. The Balaban J connectivity index is 0.000000130. The lowest BCUT2D eigenvalue weighted by Gasteiger charge is -2.11. The lowest BCUT2D eigenvalue weighted by Crippen LogP contribution is -2.00. The molecular weight excluding hydrogens is 1020 g/mol. The largest absolute Gasteiger partial charge is 0.478 e. The van der Waals surface area contributed by atoms with Gasteiger partial charge in [0.05, 0.1) is 38.3 Å². The lowest BCUT2D eigenvalue weighted by atomic mass is 10.1. The van der Waals surface area contributed by atoms with Gasteiger partial charge in [-0.25, -0.2) is 68.0 Å². The molecule has 0 fully saturated rings. The fraction of sp³-hybridized carbons (Fsp3) is 0. The van der Waals surface area contributed by atoms with Gasteiger partial charge in [-0.3, -0.25) is 0 Å². The highest BCUT2D eigenvalue weighted by Gasteiger charge is 2.17. The maximum atomic E-state index is 13.4. The van der Waals surface area contributed by atoms with Gasteiger partial charge in [0.25, 0.3) is 0 Å². The zero-order valence-corrected chi connectivity index (χ0v) is 40.1. The van der Waals surface area contributed by atoms with Gasteiger partial charge < -0.3 is 31.3 Å². The van der Waals surface area contributed by atoms with Gasteiger partial charge in [0.15, 0.2) is 17.5 Å². The summed E-state index contributed by atoms with van der Waals surface area (Å²) in [7, 11) is 0. The zero-order chi connectivity index (χ0) is 53.0. The zero-order valence-electron chi connectivity index (χ0n) is 38.6. The van der Waals surface area contributed by atoms with Crippen LogP contribution in [0.25, 0.3) is 65.4 Å². The van der Waals surface area contributed by atoms with E-state index in [2.05, 4.69) is 60.8 Å². The van der Waals surface area contributed by atoms with Crippen LogP contribution in [0.2, 0.25) is 10.0 Å². The van der Waals surface area contributed by atoms with Crippen LogP contribution in [0.3, 0.4) is 0 Å². The molecule has 0 amide bonds. The Morgan fingerprint density at radius 2 is 0.829 bits per heavy atom. The number of rotatable bonds is 9. The number of carbonyl (C=O) groups is 3. The molecule has 0 aliphatic carbocycles. The Kier molecular flexibility index (Phi) is 13.7. The predicted molar refractivity (Wildman–Crippen MR) is 285 cm³/mol. The Hall–Kier alpha value is -10.2. The molecular formula is C54H32Cl2F2N12O6. The monoisotopic (exact) mass is 1050 g/mol. The van der Waals surface area contributed by atoms with Crippen molar-refractivity contribution in [2.45, 2.75) is 0 Å². The van der Waals surface area contributed by atoms with E-state index < -0.39 is 23.7 Å². The van der Waals surface area contributed by atoms with E-state index >= 15 is 0 Å². The molecule has 12 rings (SSSR count). The van der Waals surface area contributed by atoms with Crippen LogP contribution in [0.15, 0.2) is 159 Å². The Morgan fingerprint density at radius 3 is 1.21 bits per heavy atom. The fourth-order valence-corrected chi connectivity index (χ4v) is 8.37. The average Bonchev–Trinajstić information content (AvgIpc) is 3.44. The lowest BCUT2D eigenvalue weighted by molar-refractivity contribution is 0.0686. The topological polar surface area (TPSA) is 264 Å². The normalized spacial score (nSPS) is 10.9. The van der Waals surface area contributed by atoms with E-state index in [1.165, 1.54) is 79.6 Å². The molecule has 76 heavy (non-hydrogen) atoms. The highest BCUT2D eigenvalue weighted by atomic mass is 35.5. The number of aromatic carboxylic acids is 3. The molecule has 0 saturated carbocycles. The van der Waals surface area contributed by atoms with Crippen molar-refractivity contribution in [1.29, 1.82) is 0 Å². The first-order valence-corrected chi connectivity index (χ1v) is 23.1. The summed E-state index contributed by atoms with van der Waals surface area (Å²) < 4.78 is 26.8. The number of carboxylic acid groups (broad SMARTS) is 3. The summed E-state index contributed by atoms with van der Waals surface area (Å²) in [6, 6.07) is 31.5. The van der Waals surface area contributed by atoms with Crippen LogP contribution < -0.4 is 16.0 Å². The number of fused-ring (bicyclic) bond motifs is 9. The van der Waals surface area contributed by atoms with Crippen molar-refractivity contribution in [2.24, 2.45) is 0 Å². The van der Waals surface area contributed by atoms with Crippen molar-refractivity contribution in [3.63, 3.8) is 0 Å². The standard InChI is InChI=1S/C18H10ClFN4O2.C18H11ClN4O2.C18H11FN4O2/c19-13-6-10(2-4-14(13)20)23-17-16-12(7-21-8-22-16)11-3-1-9(18(25)26)5-15(11)24-17;2*19-11-2-1-3-12(7-11)22-17-16-14(8-20-9-21-16)13-5-4-10(18(24)25)6-15(13)23-17/h1-8H,(H,23,24)(H,25,26);2*1-9H,(H,22,23)(H,24,25). The van der Waals surface area contributed by atoms with Gasteiger partial charge in [-0.05, 0) is 91.0 Å². The van der Waals surface area contributed by atoms with Gasteiger partial charge in [-0.2, -0.15) is 0 Å². The van der Waals surface area contributed by atoms with Crippen LogP contribution in [-0.2, 0) is 0 Å². The number of carboxylic acids is 3. The number of pyridine rings is 3. The third kappa shape index (κ3) is 10.5. The van der Waals surface area contributed by atoms with Gasteiger partial charge in [0.2, 0.25) is 0 Å². The molecule has 22 heteroatoms. The van der Waals surface area contributed by atoms with E-state index in [1.54, 1.807) is 67.1 Å². The highest BCUT2D eigenvalue weighted by molar-refractivity contribution is 6.31. The van der Waals surface area contributed by atoms with Crippen molar-refractivity contribution in [3.05, 3.63) is 197 Å². The second-order valence-electron chi connectivity index (χ2n) is 16.4. The van der Waals surface area contributed by atoms with E-state index in [-0.39, 0.29) is 27.5 Å². The molecule has 0 spiro atoms. The molecule has 6 N–H and O–H groups in total. The number of nitrogens with one attached hydrogen (secondary N) is 3. The highest BCUT2D eigenvalue weighted by Crippen LogP contribution is 2.34. The van der Waals surface area contributed by atoms with Crippen molar-refractivity contribution < 1.29 is 38.5 Å². The van der Waals surface area contributed by atoms with E-state index in [0.29, 0.717) is 72.3 Å². The Labute approximate surface area is 435 Å². The van der Waals surface area contributed by atoms with Crippen molar-refractivity contribution in [1.82, 2.24) is 44.9 Å². The van der Waals surface area contributed by atoms with Crippen LogP contribution in [-0.4, -0.2) is 78.1 Å². The fourth-order valence-electron chi connectivity index (χ4n) is 8.00. The van der Waals surface area contributed by atoms with Gasteiger partial charge in [0.1, 0.15) is 47.2 Å². The quantitative estimate of drug-likeness (QED) is 0.0734. The van der Waals surface area contributed by atoms with Crippen molar-refractivity contribution >= 4 is 141 Å². The summed E-state index contributed by atoms with van der Waals surface area (Å²) in [5.74, 6) is -2.68. The summed E-state index contributed by atoms with van der Waals surface area (Å²) in [4.78, 5) is 72.2. The molecule has 372 valence electrons. The molecule has 6 aromatic heterocycles. The number of nitrogens with zero attached hydrogens (tertiary/aromatic N) is 9. The molecule has 0 aliphatic heterocycles. The van der Waals surface area contributed by atoms with Gasteiger partial charge in [-0.1, -0.05) is 53.5 Å². The molecule has 0 radical (unpaired) electrons. The number of benzene rings is 6. The Morgan fingerprint density at radius 1 is 0.434 bits per heavy atom. The van der Waals surface area contributed by atoms with Crippen LogP contribution in [0.1, 0.15) is 31.1 Å². The first-order valence-electron chi connectivity index (χ1n) is 22.3. The minimum atomic E-state index is -1.04. The second-order valence-corrected chi connectivity index (χ2v) is 17.2. The number of halogens is 4. The van der Waals surface area contributed by atoms with Crippen LogP contribution in [0.5, 0.6) is 0 Å². The van der Waals surface area contributed by atoms with E-state index in [9.17, 15) is 38.5 Å². The molecule has 0 aliphatic rings. The number of aromatic nitrogens is 9. The summed E-state index contributed by atoms with van der Waals surface area (Å²) in [5.41, 5.74) is 5.49. The van der Waals surface area contributed by atoms with Crippen molar-refractivity contribution in [3.8, 4) is 0 Å². The summed E-state index contributed by atoms with van der Waals surface area (Å²) in [5, 5.41) is 41.9. The van der Waals surface area contributed by atoms with E-state index in [4.69, 9.17) is 23.2 Å². The summed E-state index contributed by atoms with van der Waals surface area (Å²) in [6.07, 6.45) is 9.21. The SMILES string of the molecule is O=C(O)c1ccc2c(c1)nc(Nc1ccc(F)c(Cl)c1)c1ncncc12.O=C(O)c1ccc2c(c1)nc(Nc1cccc(Cl)c1)c1ncncc12.O=C(O)c1ccc2c(c1)nc(Nc1cccc(F)c1)c1ncncc12. The minimum absolute atomic E-state index is 0.0251. The van der Waals surface area contributed by atoms with Gasteiger partial charge in [-0.15, -0.1) is 0 Å². The number of hydrogen-bond donors (Lipinski definition) is 6. The van der Waals surface area contributed by atoms with Crippen LogP contribution >= 0.6 is 23.2 Å².